The maximum absolute atomic E-state index is 10.5. The van der Waals surface area contributed by atoms with Gasteiger partial charge in [-0.15, -0.1) is 0 Å². The molecule has 0 aromatic rings. The van der Waals surface area contributed by atoms with E-state index >= 15 is 0 Å². The Bertz CT molecular complexity index is 128. The number of carbonyl (C=O) groups is 1. The fourth-order valence-electron chi connectivity index (χ4n) is 0.331. The summed E-state index contributed by atoms with van der Waals surface area (Å²) >= 11 is 0. The number of carbonyl (C=O) groups excluding carboxylic acids is 1. The molecule has 0 unspecified atom stereocenters. The Morgan fingerprint density at radius 1 is 1.45 bits per heavy atom. The molecule has 11 heavy (non-hydrogen) atoms. The van der Waals surface area contributed by atoms with Gasteiger partial charge in [0.15, 0.2) is 6.79 Å². The third kappa shape index (κ3) is 7.29. The van der Waals surface area contributed by atoms with Gasteiger partial charge in [0.25, 0.3) is 0 Å². The first-order chi connectivity index (χ1) is 4.95. The van der Waals surface area contributed by atoms with Crippen molar-refractivity contribution in [2.24, 2.45) is 5.73 Å². The van der Waals surface area contributed by atoms with Gasteiger partial charge < -0.3 is 15.2 Å². The van der Waals surface area contributed by atoms with Crippen molar-refractivity contribution in [1.82, 2.24) is 0 Å². The summed E-state index contributed by atoms with van der Waals surface area (Å²) in [6, 6.07) is 0. The zero-order valence-corrected chi connectivity index (χ0v) is 7.22. The number of rotatable bonds is 3. The Hall–Kier alpha value is -0.610. The molecular formula is C7H15NO3. The van der Waals surface area contributed by atoms with Gasteiger partial charge in [-0.2, -0.15) is 0 Å². The van der Waals surface area contributed by atoms with Gasteiger partial charge in [0.1, 0.15) is 0 Å². The van der Waals surface area contributed by atoms with E-state index in [4.69, 9.17) is 10.5 Å². The monoisotopic (exact) mass is 161 g/mol. The quantitative estimate of drug-likeness (QED) is 0.476. The first-order valence-corrected chi connectivity index (χ1v) is 3.45. The van der Waals surface area contributed by atoms with E-state index in [1.807, 2.05) is 20.8 Å². The van der Waals surface area contributed by atoms with Gasteiger partial charge in [-0.3, -0.25) is 4.79 Å². The summed E-state index contributed by atoms with van der Waals surface area (Å²) in [6.07, 6.45) is 0. The zero-order chi connectivity index (χ0) is 8.91. The molecule has 0 aromatic carbocycles. The summed E-state index contributed by atoms with van der Waals surface area (Å²) in [5.74, 6) is -0.450. The summed E-state index contributed by atoms with van der Waals surface area (Å²) < 4.78 is 9.68. The first kappa shape index (κ1) is 10.4. The van der Waals surface area contributed by atoms with Crippen LogP contribution in [-0.2, 0) is 14.3 Å². The standard InChI is InChI=1S/C7H15NO3/c1-7(2,3)11-5-10-6(9)4-8/h4-5,8H2,1-3H3. The molecule has 66 valence electrons. The van der Waals surface area contributed by atoms with Crippen molar-refractivity contribution in [3.05, 3.63) is 0 Å². The largest absolute Gasteiger partial charge is 0.437 e. The highest BCUT2D eigenvalue weighted by molar-refractivity contribution is 5.71. The van der Waals surface area contributed by atoms with E-state index in [0.717, 1.165) is 0 Å². The van der Waals surface area contributed by atoms with Crippen LogP contribution in [0.2, 0.25) is 0 Å². The number of hydrogen-bond acceptors (Lipinski definition) is 4. The van der Waals surface area contributed by atoms with Crippen LogP contribution in [0.5, 0.6) is 0 Å². The van der Waals surface area contributed by atoms with Crippen LogP contribution in [0, 0.1) is 0 Å². The van der Waals surface area contributed by atoms with E-state index in [9.17, 15) is 4.79 Å². The van der Waals surface area contributed by atoms with Crippen molar-refractivity contribution in [1.29, 1.82) is 0 Å². The lowest BCUT2D eigenvalue weighted by molar-refractivity contribution is -0.165. The maximum atomic E-state index is 10.5. The van der Waals surface area contributed by atoms with Gasteiger partial charge in [0.2, 0.25) is 0 Å². The highest BCUT2D eigenvalue weighted by Gasteiger charge is 2.10. The summed E-state index contributed by atoms with van der Waals surface area (Å²) in [4.78, 5) is 10.5. The molecule has 0 rings (SSSR count). The van der Waals surface area contributed by atoms with Crippen LogP contribution in [0.3, 0.4) is 0 Å². The maximum Gasteiger partial charge on any atom is 0.321 e. The molecule has 0 fully saturated rings. The van der Waals surface area contributed by atoms with Gasteiger partial charge >= 0.3 is 5.97 Å². The van der Waals surface area contributed by atoms with Crippen LogP contribution < -0.4 is 5.73 Å². The second-order valence-corrected chi connectivity index (χ2v) is 3.10. The predicted molar refractivity (Wildman–Crippen MR) is 40.9 cm³/mol. The van der Waals surface area contributed by atoms with E-state index in [0.29, 0.717) is 0 Å². The second-order valence-electron chi connectivity index (χ2n) is 3.10. The minimum Gasteiger partial charge on any atom is -0.437 e. The number of esters is 1. The summed E-state index contributed by atoms with van der Waals surface area (Å²) in [7, 11) is 0. The molecule has 0 aliphatic rings. The van der Waals surface area contributed by atoms with Crippen LogP contribution in [0.15, 0.2) is 0 Å². The SMILES string of the molecule is CC(C)(C)OCOC(=O)CN. The molecule has 0 aliphatic carbocycles. The molecule has 0 spiro atoms. The van der Waals surface area contributed by atoms with Gasteiger partial charge in [-0.25, -0.2) is 0 Å². The molecule has 0 saturated heterocycles. The minimum atomic E-state index is -0.450. The lowest BCUT2D eigenvalue weighted by atomic mass is 10.2. The molecule has 0 atom stereocenters. The average Bonchev–Trinajstić information content (AvgIpc) is 1.85. The number of hydrogen-bond donors (Lipinski definition) is 1. The Balaban J connectivity index is 3.35. The molecular weight excluding hydrogens is 146 g/mol. The Labute approximate surface area is 66.7 Å². The molecule has 0 aromatic heterocycles. The Morgan fingerprint density at radius 2 is 2.00 bits per heavy atom. The second kappa shape index (κ2) is 4.31. The molecule has 0 aliphatic heterocycles. The van der Waals surface area contributed by atoms with E-state index < -0.39 is 5.97 Å². The van der Waals surface area contributed by atoms with Crippen molar-refractivity contribution >= 4 is 5.97 Å². The normalized spacial score (nSPS) is 11.3. The average molecular weight is 161 g/mol. The van der Waals surface area contributed by atoms with Gasteiger partial charge in [0.05, 0.1) is 12.1 Å². The zero-order valence-electron chi connectivity index (χ0n) is 7.22. The predicted octanol–water partition coefficient (Wildman–Crippen LogP) is 0.261. The molecule has 4 nitrogen and oxygen atoms in total. The van der Waals surface area contributed by atoms with E-state index in [1.54, 1.807) is 0 Å². The molecule has 0 amide bonds. The van der Waals surface area contributed by atoms with E-state index in [-0.39, 0.29) is 18.9 Å². The summed E-state index contributed by atoms with van der Waals surface area (Å²) in [5, 5.41) is 0. The third-order valence-electron chi connectivity index (χ3n) is 0.879. The Morgan fingerprint density at radius 3 is 2.36 bits per heavy atom. The molecule has 2 N–H and O–H groups in total. The lowest BCUT2D eigenvalue weighted by Gasteiger charge is -2.18. The minimum absolute atomic E-state index is 0.0282. The van der Waals surface area contributed by atoms with Crippen LogP contribution >= 0.6 is 0 Å². The van der Waals surface area contributed by atoms with Crippen LogP contribution in [0.25, 0.3) is 0 Å². The fraction of sp³-hybridized carbons (Fsp3) is 0.857. The highest BCUT2D eigenvalue weighted by Crippen LogP contribution is 2.05. The van der Waals surface area contributed by atoms with Crippen molar-refractivity contribution < 1.29 is 14.3 Å². The molecule has 4 heteroatoms. The van der Waals surface area contributed by atoms with Crippen LogP contribution in [-0.4, -0.2) is 24.9 Å². The molecule has 0 heterocycles. The fourth-order valence-corrected chi connectivity index (χ4v) is 0.331. The molecule has 0 bridgehead atoms. The Kier molecular flexibility index (Phi) is 4.07. The van der Waals surface area contributed by atoms with Crippen molar-refractivity contribution in [3.8, 4) is 0 Å². The molecule has 0 saturated carbocycles. The van der Waals surface area contributed by atoms with Gasteiger partial charge in [-0.05, 0) is 20.8 Å². The topological polar surface area (TPSA) is 61.5 Å². The van der Waals surface area contributed by atoms with Crippen molar-refractivity contribution in [2.45, 2.75) is 26.4 Å². The van der Waals surface area contributed by atoms with Crippen molar-refractivity contribution in [3.63, 3.8) is 0 Å². The van der Waals surface area contributed by atoms with Crippen molar-refractivity contribution in [2.75, 3.05) is 13.3 Å². The lowest BCUT2D eigenvalue weighted by Crippen LogP contribution is -2.24. The highest BCUT2D eigenvalue weighted by atomic mass is 16.7. The summed E-state index contributed by atoms with van der Waals surface area (Å²) in [6.45, 7) is 5.50. The smallest absolute Gasteiger partial charge is 0.321 e. The van der Waals surface area contributed by atoms with Gasteiger partial charge in [-0.1, -0.05) is 0 Å². The number of ether oxygens (including phenoxy) is 2. The molecule has 0 radical (unpaired) electrons. The van der Waals surface area contributed by atoms with E-state index in [1.165, 1.54) is 0 Å². The first-order valence-electron chi connectivity index (χ1n) is 3.45. The number of nitrogens with two attached hydrogens (primary N) is 1. The summed E-state index contributed by atoms with van der Waals surface area (Å²) in [5.41, 5.74) is 4.71. The van der Waals surface area contributed by atoms with E-state index in [2.05, 4.69) is 4.74 Å². The van der Waals surface area contributed by atoms with Crippen LogP contribution in [0.1, 0.15) is 20.8 Å². The third-order valence-corrected chi connectivity index (χ3v) is 0.879. The van der Waals surface area contributed by atoms with Gasteiger partial charge in [0, 0.05) is 0 Å². The van der Waals surface area contributed by atoms with Crippen LogP contribution in [0.4, 0.5) is 0 Å².